The van der Waals surface area contributed by atoms with Gasteiger partial charge in [-0.25, -0.2) is 0 Å². The smallest absolute Gasteiger partial charge is 0.191 e. The van der Waals surface area contributed by atoms with E-state index in [0.717, 1.165) is 16.8 Å². The van der Waals surface area contributed by atoms with Crippen molar-refractivity contribution < 1.29 is 9.47 Å². The Morgan fingerprint density at radius 1 is 1.00 bits per heavy atom. The standard InChI is InChI=1S/C23H23N3O2S/c1-17-11-13-18(14-12-17)16-28-22-19(7-6-10-21(22)27-2)15-24-26-23(29)25-20-8-4-3-5-9-20/h3-15H,16H2,1-2H3,(H2,25,26,29)/b24-15+. The monoisotopic (exact) mass is 405 g/mol. The predicted octanol–water partition coefficient (Wildman–Crippen LogP) is 4.90. The lowest BCUT2D eigenvalue weighted by Gasteiger charge is -2.13. The van der Waals surface area contributed by atoms with Crippen LogP contribution < -0.4 is 20.2 Å². The maximum Gasteiger partial charge on any atom is 0.191 e. The van der Waals surface area contributed by atoms with Crippen LogP contribution in [0.4, 0.5) is 5.69 Å². The number of para-hydroxylation sites is 2. The molecule has 5 nitrogen and oxygen atoms in total. The van der Waals surface area contributed by atoms with Gasteiger partial charge < -0.3 is 14.8 Å². The van der Waals surface area contributed by atoms with Gasteiger partial charge in [0.25, 0.3) is 0 Å². The van der Waals surface area contributed by atoms with Crippen molar-refractivity contribution in [2.75, 3.05) is 12.4 Å². The molecule has 0 saturated carbocycles. The molecule has 0 aliphatic carbocycles. The molecule has 3 rings (SSSR count). The molecule has 0 radical (unpaired) electrons. The molecule has 0 atom stereocenters. The summed E-state index contributed by atoms with van der Waals surface area (Å²) < 4.78 is 11.5. The lowest BCUT2D eigenvalue weighted by Crippen LogP contribution is -2.23. The van der Waals surface area contributed by atoms with Crippen LogP contribution in [0, 0.1) is 6.92 Å². The van der Waals surface area contributed by atoms with Crippen molar-refractivity contribution in [2.24, 2.45) is 5.10 Å². The Hall–Kier alpha value is -3.38. The Bertz CT molecular complexity index is 973. The molecule has 0 heterocycles. The van der Waals surface area contributed by atoms with E-state index < -0.39 is 0 Å². The number of hydrogen-bond acceptors (Lipinski definition) is 4. The van der Waals surface area contributed by atoms with Crippen molar-refractivity contribution in [1.29, 1.82) is 0 Å². The fourth-order valence-corrected chi connectivity index (χ4v) is 2.80. The molecular formula is C23H23N3O2S. The minimum Gasteiger partial charge on any atom is -0.493 e. The summed E-state index contributed by atoms with van der Waals surface area (Å²) in [6, 6.07) is 23.5. The van der Waals surface area contributed by atoms with Gasteiger partial charge in [-0.3, -0.25) is 5.43 Å². The van der Waals surface area contributed by atoms with Crippen molar-refractivity contribution in [3.05, 3.63) is 89.5 Å². The van der Waals surface area contributed by atoms with Crippen LogP contribution >= 0.6 is 12.2 Å². The van der Waals surface area contributed by atoms with Gasteiger partial charge >= 0.3 is 0 Å². The van der Waals surface area contributed by atoms with Crippen LogP contribution in [0.5, 0.6) is 11.5 Å². The fraction of sp³-hybridized carbons (Fsp3) is 0.130. The largest absolute Gasteiger partial charge is 0.493 e. The summed E-state index contributed by atoms with van der Waals surface area (Å²) in [5.41, 5.74) is 6.79. The van der Waals surface area contributed by atoms with E-state index >= 15 is 0 Å². The number of nitrogens with zero attached hydrogens (tertiary/aromatic N) is 1. The molecule has 0 aliphatic rings. The average molecular weight is 406 g/mol. The summed E-state index contributed by atoms with van der Waals surface area (Å²) in [6.07, 6.45) is 1.66. The highest BCUT2D eigenvalue weighted by Gasteiger charge is 2.10. The first-order chi connectivity index (χ1) is 14.2. The number of benzene rings is 3. The molecule has 0 aliphatic heterocycles. The number of thiocarbonyl (C=S) groups is 1. The highest BCUT2D eigenvalue weighted by atomic mass is 32.1. The molecule has 0 bridgehead atoms. The van der Waals surface area contributed by atoms with Gasteiger partial charge in [0, 0.05) is 11.3 Å². The number of hydrazone groups is 1. The molecule has 3 aromatic carbocycles. The third-order valence-electron chi connectivity index (χ3n) is 4.13. The van der Waals surface area contributed by atoms with Crippen LogP contribution in [0.2, 0.25) is 0 Å². The lowest BCUT2D eigenvalue weighted by atomic mass is 10.1. The van der Waals surface area contributed by atoms with Crippen molar-refractivity contribution in [2.45, 2.75) is 13.5 Å². The van der Waals surface area contributed by atoms with Crippen molar-refractivity contribution in [1.82, 2.24) is 5.43 Å². The molecule has 0 amide bonds. The number of rotatable bonds is 7. The second kappa shape index (κ2) is 10.2. The number of methoxy groups -OCH3 is 1. The van der Waals surface area contributed by atoms with Crippen LogP contribution in [0.15, 0.2) is 77.9 Å². The van der Waals surface area contributed by atoms with Gasteiger partial charge in [-0.1, -0.05) is 54.1 Å². The summed E-state index contributed by atoms with van der Waals surface area (Å²) in [7, 11) is 1.62. The van der Waals surface area contributed by atoms with Gasteiger partial charge in [0.05, 0.1) is 13.3 Å². The first-order valence-electron chi connectivity index (χ1n) is 9.16. The van der Waals surface area contributed by atoms with Crippen LogP contribution in [-0.2, 0) is 6.61 Å². The fourth-order valence-electron chi connectivity index (χ4n) is 2.63. The molecule has 2 N–H and O–H groups in total. The summed E-state index contributed by atoms with van der Waals surface area (Å²) in [4.78, 5) is 0. The average Bonchev–Trinajstić information content (AvgIpc) is 2.74. The van der Waals surface area contributed by atoms with E-state index in [-0.39, 0.29) is 0 Å². The number of ether oxygens (including phenoxy) is 2. The first kappa shape index (κ1) is 20.4. The molecule has 0 aromatic heterocycles. The van der Waals surface area contributed by atoms with Gasteiger partial charge in [0.2, 0.25) is 0 Å². The molecule has 3 aromatic rings. The second-order valence-corrected chi connectivity index (χ2v) is 6.75. The molecule has 148 valence electrons. The normalized spacial score (nSPS) is 10.6. The van der Waals surface area contributed by atoms with Crippen molar-refractivity contribution >= 4 is 29.2 Å². The zero-order chi connectivity index (χ0) is 20.5. The molecular weight excluding hydrogens is 382 g/mol. The van der Waals surface area contributed by atoms with Gasteiger partial charge in [0.1, 0.15) is 6.61 Å². The minimum atomic E-state index is 0.400. The maximum atomic E-state index is 6.05. The molecule has 0 saturated heterocycles. The van der Waals surface area contributed by atoms with Gasteiger partial charge in [0.15, 0.2) is 16.6 Å². The second-order valence-electron chi connectivity index (χ2n) is 6.34. The molecule has 0 unspecified atom stereocenters. The zero-order valence-corrected chi connectivity index (χ0v) is 17.2. The van der Waals surface area contributed by atoms with E-state index in [1.54, 1.807) is 13.3 Å². The molecule has 0 fully saturated rings. The summed E-state index contributed by atoms with van der Waals surface area (Å²) in [5.74, 6) is 1.27. The number of anilines is 1. The van der Waals surface area contributed by atoms with Crippen molar-refractivity contribution in [3.63, 3.8) is 0 Å². The Balaban J connectivity index is 1.67. The van der Waals surface area contributed by atoms with Crippen LogP contribution in [0.25, 0.3) is 0 Å². The molecule has 0 spiro atoms. The zero-order valence-electron chi connectivity index (χ0n) is 16.4. The third kappa shape index (κ3) is 6.05. The van der Waals surface area contributed by atoms with Gasteiger partial charge in [-0.15, -0.1) is 0 Å². The van der Waals surface area contributed by atoms with Crippen LogP contribution in [-0.4, -0.2) is 18.4 Å². The summed E-state index contributed by atoms with van der Waals surface area (Å²) in [5, 5.41) is 7.69. The van der Waals surface area contributed by atoms with Crippen LogP contribution in [0.3, 0.4) is 0 Å². The Morgan fingerprint density at radius 2 is 1.76 bits per heavy atom. The minimum absolute atomic E-state index is 0.400. The van der Waals surface area contributed by atoms with E-state index in [4.69, 9.17) is 21.7 Å². The number of hydrogen-bond donors (Lipinski definition) is 2. The third-order valence-corrected chi connectivity index (χ3v) is 4.33. The maximum absolute atomic E-state index is 6.05. The Kier molecular flexibility index (Phi) is 7.19. The van der Waals surface area contributed by atoms with Crippen LogP contribution in [0.1, 0.15) is 16.7 Å². The van der Waals surface area contributed by atoms with Gasteiger partial charge in [-0.2, -0.15) is 5.10 Å². The van der Waals surface area contributed by atoms with E-state index in [2.05, 4.69) is 34.9 Å². The van der Waals surface area contributed by atoms with E-state index in [1.807, 2.05) is 60.7 Å². The molecule has 6 heteroatoms. The topological polar surface area (TPSA) is 54.9 Å². The SMILES string of the molecule is COc1cccc(/C=N/NC(=S)Nc2ccccc2)c1OCc1ccc(C)cc1. The van der Waals surface area contributed by atoms with E-state index in [0.29, 0.717) is 23.2 Å². The van der Waals surface area contributed by atoms with E-state index in [1.165, 1.54) is 5.56 Å². The summed E-state index contributed by atoms with van der Waals surface area (Å²) >= 11 is 5.27. The first-order valence-corrected chi connectivity index (χ1v) is 9.57. The molecule has 29 heavy (non-hydrogen) atoms. The predicted molar refractivity (Wildman–Crippen MR) is 122 cm³/mol. The highest BCUT2D eigenvalue weighted by Crippen LogP contribution is 2.30. The summed E-state index contributed by atoms with van der Waals surface area (Å²) in [6.45, 7) is 2.49. The highest BCUT2D eigenvalue weighted by molar-refractivity contribution is 7.80. The van der Waals surface area contributed by atoms with Gasteiger partial charge in [-0.05, 0) is 49.0 Å². The quantitative estimate of drug-likeness (QED) is 0.333. The Labute approximate surface area is 176 Å². The number of nitrogens with one attached hydrogen (secondary N) is 2. The Morgan fingerprint density at radius 3 is 2.48 bits per heavy atom. The lowest BCUT2D eigenvalue weighted by molar-refractivity contribution is 0.284. The van der Waals surface area contributed by atoms with E-state index in [9.17, 15) is 0 Å². The van der Waals surface area contributed by atoms with Crippen molar-refractivity contribution in [3.8, 4) is 11.5 Å². The number of aryl methyl sites for hydroxylation is 1.